The number of hydrogen-bond acceptors (Lipinski definition) is 10. The number of carbonyl (C=O) groups is 4. The summed E-state index contributed by atoms with van der Waals surface area (Å²) in [4.78, 5) is 76.2. The molecule has 4 amide bonds. The molecule has 2 fully saturated rings. The van der Waals surface area contributed by atoms with Crippen LogP contribution in [0.5, 0.6) is 0 Å². The van der Waals surface area contributed by atoms with Gasteiger partial charge >= 0.3 is 0 Å². The number of nitrogens with zero attached hydrogens (tertiary/aromatic N) is 7. The van der Waals surface area contributed by atoms with Gasteiger partial charge in [0.2, 0.25) is 28.6 Å². The van der Waals surface area contributed by atoms with E-state index >= 15 is 0 Å². The van der Waals surface area contributed by atoms with Crippen molar-refractivity contribution in [2.75, 3.05) is 19.7 Å². The van der Waals surface area contributed by atoms with Crippen molar-refractivity contribution < 1.29 is 24.3 Å². The smallest absolute Gasteiger partial charge is 0.246 e. The lowest BCUT2D eigenvalue weighted by molar-refractivity contribution is -0.139. The molecule has 4 aromatic heterocycles. The molecule has 5 N–H and O–H groups in total. The van der Waals surface area contributed by atoms with E-state index in [1.54, 1.807) is 21.8 Å². The van der Waals surface area contributed by atoms with Crippen LogP contribution in [-0.4, -0.2) is 105 Å². The van der Waals surface area contributed by atoms with Gasteiger partial charge in [0.05, 0.1) is 41.2 Å². The number of fused-ring (bicyclic) bond motifs is 2. The Kier molecular flexibility index (Phi) is 10.0. The van der Waals surface area contributed by atoms with Crippen LogP contribution < -0.4 is 10.6 Å². The molecule has 0 bridgehead atoms. The molecule has 0 spiro atoms. The molecule has 280 valence electrons. The lowest BCUT2D eigenvalue weighted by atomic mass is 10.0. The number of aliphatic hydroxyl groups is 1. The van der Waals surface area contributed by atoms with Gasteiger partial charge in [-0.1, -0.05) is 39.0 Å². The van der Waals surface area contributed by atoms with E-state index in [1.807, 2.05) is 50.8 Å². The standard InChI is InChI=1S/C36H45N11O5S/c1-18(2)29(39-20(5)49)34(51)45-12-6-8-25(45)31-37-15-24(42-31)27-16-38-36-47(27)44-33(53-36)21-10-11-22-23(14-21)41-32(40-22)26-9-7-13-46(26)35(52)30(19(3)4)43-28(50)17-48/h10-11,14-16,18-19,25-26,29-30,48H,6-9,12-13,17H2,1-5H3,(H,37,42)(H,39,49)(H,40,41)(H,43,50)/t25?,26?,29-,30-/m0/s1. The highest BCUT2D eigenvalue weighted by Gasteiger charge is 2.38. The molecule has 2 saturated heterocycles. The van der Waals surface area contributed by atoms with Gasteiger partial charge in [0.15, 0.2) is 0 Å². The highest BCUT2D eigenvalue weighted by atomic mass is 32.1. The van der Waals surface area contributed by atoms with Crippen molar-refractivity contribution >= 4 is 51.0 Å². The van der Waals surface area contributed by atoms with Crippen LogP contribution in [0.2, 0.25) is 0 Å². The second-order valence-corrected chi connectivity index (χ2v) is 15.5. The number of aliphatic hydroxyl groups excluding tert-OH is 1. The lowest BCUT2D eigenvalue weighted by Crippen LogP contribution is -2.51. The van der Waals surface area contributed by atoms with E-state index in [0.717, 1.165) is 58.7 Å². The van der Waals surface area contributed by atoms with E-state index in [4.69, 9.17) is 10.1 Å². The van der Waals surface area contributed by atoms with Crippen LogP contribution in [0.15, 0.2) is 30.6 Å². The quantitative estimate of drug-likeness (QED) is 0.134. The second-order valence-electron chi connectivity index (χ2n) is 14.5. The molecule has 17 heteroatoms. The molecule has 0 saturated carbocycles. The fourth-order valence-electron chi connectivity index (χ4n) is 7.40. The number of imidazole rings is 3. The first-order valence-corrected chi connectivity index (χ1v) is 18.9. The molecular weight excluding hydrogens is 699 g/mol. The van der Waals surface area contributed by atoms with Crippen LogP contribution in [0.3, 0.4) is 0 Å². The molecule has 16 nitrogen and oxygen atoms in total. The molecule has 0 radical (unpaired) electrons. The van der Waals surface area contributed by atoms with E-state index < -0.39 is 24.6 Å². The monoisotopic (exact) mass is 743 g/mol. The van der Waals surface area contributed by atoms with Gasteiger partial charge in [-0.05, 0) is 55.7 Å². The van der Waals surface area contributed by atoms with Gasteiger partial charge in [-0.2, -0.15) is 5.10 Å². The van der Waals surface area contributed by atoms with Gasteiger partial charge in [-0.3, -0.25) is 19.2 Å². The van der Waals surface area contributed by atoms with Crippen LogP contribution in [0, 0.1) is 11.8 Å². The molecular formula is C36H45N11O5S. The summed E-state index contributed by atoms with van der Waals surface area (Å²) in [6, 6.07) is 4.05. The molecule has 5 aromatic rings. The maximum Gasteiger partial charge on any atom is 0.246 e. The minimum atomic E-state index is -0.742. The molecule has 53 heavy (non-hydrogen) atoms. The first kappa shape index (κ1) is 36.2. The van der Waals surface area contributed by atoms with Crippen LogP contribution in [0.1, 0.15) is 84.0 Å². The maximum absolute atomic E-state index is 13.6. The Bertz CT molecular complexity index is 2170. The van der Waals surface area contributed by atoms with Gasteiger partial charge in [0, 0.05) is 25.6 Å². The largest absolute Gasteiger partial charge is 0.387 e. The minimum absolute atomic E-state index is 0.0548. The van der Waals surface area contributed by atoms with Crippen molar-refractivity contribution in [3.63, 3.8) is 0 Å². The van der Waals surface area contributed by atoms with Gasteiger partial charge in [0.25, 0.3) is 0 Å². The normalized spacial score (nSPS) is 18.8. The number of benzene rings is 1. The molecule has 0 aliphatic carbocycles. The highest BCUT2D eigenvalue weighted by molar-refractivity contribution is 7.19. The third-order valence-electron chi connectivity index (χ3n) is 10.1. The first-order chi connectivity index (χ1) is 25.4. The van der Waals surface area contributed by atoms with Crippen molar-refractivity contribution in [3.05, 3.63) is 42.2 Å². The summed E-state index contributed by atoms with van der Waals surface area (Å²) in [7, 11) is 0. The number of nitrogens with one attached hydrogen (secondary N) is 4. The van der Waals surface area contributed by atoms with Gasteiger partial charge in [0.1, 0.15) is 41.0 Å². The Morgan fingerprint density at radius 2 is 1.57 bits per heavy atom. The first-order valence-electron chi connectivity index (χ1n) is 18.1. The topological polar surface area (TPSA) is 207 Å². The molecule has 2 unspecified atom stereocenters. The minimum Gasteiger partial charge on any atom is -0.387 e. The Balaban J connectivity index is 1.10. The van der Waals surface area contributed by atoms with Gasteiger partial charge < -0.3 is 35.5 Å². The van der Waals surface area contributed by atoms with E-state index in [9.17, 15) is 24.3 Å². The number of H-pyrrole nitrogens is 2. The molecule has 7 rings (SSSR count). The lowest BCUT2D eigenvalue weighted by Gasteiger charge is -2.30. The highest BCUT2D eigenvalue weighted by Crippen LogP contribution is 2.36. The number of rotatable bonds is 11. The molecule has 4 atom stereocenters. The Morgan fingerprint density at radius 1 is 0.906 bits per heavy atom. The fraction of sp³-hybridized carbons (Fsp3) is 0.500. The SMILES string of the molecule is CC(=O)N[C@H](C(=O)N1CCCC1c1ncc(-c2cnc3sc(-c4ccc5nc(C6CCCN6C(=O)[C@@H](NC(=O)CO)C(C)C)[nH]c5c4)nn23)[nH]1)C(C)C. The Morgan fingerprint density at radius 3 is 2.21 bits per heavy atom. The zero-order valence-corrected chi connectivity index (χ0v) is 31.2. The van der Waals surface area contributed by atoms with E-state index in [1.165, 1.54) is 18.3 Å². The zero-order valence-electron chi connectivity index (χ0n) is 30.4. The van der Waals surface area contributed by atoms with Crippen LogP contribution in [-0.2, 0) is 19.2 Å². The van der Waals surface area contributed by atoms with Crippen molar-refractivity contribution in [3.8, 4) is 22.0 Å². The summed E-state index contributed by atoms with van der Waals surface area (Å²) in [5.74, 6) is 0.0507. The number of hydrogen-bond donors (Lipinski definition) is 5. The van der Waals surface area contributed by atoms with Crippen LogP contribution in [0.4, 0.5) is 0 Å². The molecule has 2 aliphatic heterocycles. The summed E-state index contributed by atoms with van der Waals surface area (Å²) in [5, 5.41) is 20.4. The number of amides is 4. The van der Waals surface area contributed by atoms with E-state index in [-0.39, 0.29) is 41.6 Å². The summed E-state index contributed by atoms with van der Waals surface area (Å²) in [6.07, 6.45) is 6.65. The van der Waals surface area contributed by atoms with Crippen molar-refractivity contribution in [2.45, 2.75) is 84.5 Å². The molecule has 2 aliphatic rings. The number of carbonyl (C=O) groups excluding carboxylic acids is 4. The Hall–Kier alpha value is -5.16. The Labute approximate surface area is 309 Å². The maximum atomic E-state index is 13.6. The van der Waals surface area contributed by atoms with E-state index in [0.29, 0.717) is 29.7 Å². The zero-order chi connectivity index (χ0) is 37.6. The third-order valence-corrected chi connectivity index (χ3v) is 11.1. The molecule has 1 aromatic carbocycles. The summed E-state index contributed by atoms with van der Waals surface area (Å²) < 4.78 is 1.78. The third kappa shape index (κ3) is 7.02. The number of likely N-dealkylation sites (tertiary alicyclic amines) is 2. The van der Waals surface area contributed by atoms with Crippen LogP contribution in [0.25, 0.3) is 38.0 Å². The average Bonchev–Trinajstić information content (AvgIpc) is 3.97. The van der Waals surface area contributed by atoms with Crippen molar-refractivity contribution in [2.24, 2.45) is 11.8 Å². The molecule has 6 heterocycles. The van der Waals surface area contributed by atoms with E-state index in [2.05, 4.69) is 30.6 Å². The van der Waals surface area contributed by atoms with Gasteiger partial charge in [-0.15, -0.1) is 0 Å². The number of aromatic amines is 2. The predicted octanol–water partition coefficient (Wildman–Crippen LogP) is 3.35. The fourth-order valence-corrected chi connectivity index (χ4v) is 8.27. The summed E-state index contributed by atoms with van der Waals surface area (Å²) >= 11 is 1.45. The second kappa shape index (κ2) is 14.7. The van der Waals surface area contributed by atoms with Crippen molar-refractivity contribution in [1.82, 2.24) is 55.0 Å². The summed E-state index contributed by atoms with van der Waals surface area (Å²) in [5.41, 5.74) is 3.92. The number of aromatic nitrogens is 7. The average molecular weight is 744 g/mol. The predicted molar refractivity (Wildman–Crippen MR) is 197 cm³/mol. The summed E-state index contributed by atoms with van der Waals surface area (Å²) in [6.45, 7) is 9.49. The van der Waals surface area contributed by atoms with Crippen LogP contribution >= 0.6 is 11.3 Å². The van der Waals surface area contributed by atoms with Gasteiger partial charge in [-0.25, -0.2) is 19.5 Å². The van der Waals surface area contributed by atoms with Crippen molar-refractivity contribution in [1.29, 1.82) is 0 Å².